The van der Waals surface area contributed by atoms with Gasteiger partial charge in [-0.15, -0.1) is 11.3 Å². The van der Waals surface area contributed by atoms with E-state index in [0.29, 0.717) is 0 Å². The average Bonchev–Trinajstić information content (AvgIpc) is 3.02. The number of aryl methyl sites for hydroxylation is 2. The first-order chi connectivity index (χ1) is 12.1. The molecular formula is C19H29N5S. The van der Waals surface area contributed by atoms with Crippen LogP contribution in [0.15, 0.2) is 34.6 Å². The fourth-order valence-corrected chi connectivity index (χ4v) is 3.16. The van der Waals surface area contributed by atoms with Crippen molar-refractivity contribution in [2.75, 3.05) is 39.1 Å². The Bertz CT molecular complexity index is 661. The number of rotatable bonds is 8. The largest absolute Gasteiger partial charge is 0.378 e. The monoisotopic (exact) mass is 359 g/mol. The molecule has 5 nitrogen and oxygen atoms in total. The fraction of sp³-hybridized carbons (Fsp3) is 0.474. The standard InChI is InChI=1S/C19H29N5S/c1-15-23-17(14-25-15)11-13-22-19(20-2)21-12-5-6-16-7-9-18(10-8-16)24(3)4/h7-10,14H,5-6,11-13H2,1-4H3,(H2,20,21,22). The second-order valence-corrected chi connectivity index (χ2v) is 7.26. The molecule has 0 aliphatic rings. The number of nitrogens with one attached hydrogen (secondary N) is 2. The van der Waals surface area contributed by atoms with Gasteiger partial charge in [-0.2, -0.15) is 0 Å². The molecule has 0 atom stereocenters. The Morgan fingerprint density at radius 2 is 1.84 bits per heavy atom. The maximum Gasteiger partial charge on any atom is 0.190 e. The van der Waals surface area contributed by atoms with E-state index in [4.69, 9.17) is 0 Å². The summed E-state index contributed by atoms with van der Waals surface area (Å²) >= 11 is 1.70. The van der Waals surface area contributed by atoms with Crippen molar-refractivity contribution >= 4 is 23.0 Å². The quantitative estimate of drug-likeness (QED) is 0.432. The summed E-state index contributed by atoms with van der Waals surface area (Å²) in [5, 5.41) is 9.96. The minimum Gasteiger partial charge on any atom is -0.378 e. The summed E-state index contributed by atoms with van der Waals surface area (Å²) in [6, 6.07) is 8.75. The van der Waals surface area contributed by atoms with Gasteiger partial charge in [-0.1, -0.05) is 12.1 Å². The lowest BCUT2D eigenvalue weighted by Crippen LogP contribution is -2.38. The Kier molecular flexibility index (Phi) is 7.73. The van der Waals surface area contributed by atoms with Crippen molar-refractivity contribution in [3.05, 3.63) is 45.9 Å². The summed E-state index contributed by atoms with van der Waals surface area (Å²) in [6.45, 7) is 3.79. The maximum absolute atomic E-state index is 4.47. The molecule has 1 aromatic carbocycles. The van der Waals surface area contributed by atoms with Gasteiger partial charge in [0.05, 0.1) is 10.7 Å². The lowest BCUT2D eigenvalue weighted by Gasteiger charge is -2.13. The maximum atomic E-state index is 4.47. The molecule has 0 bridgehead atoms. The highest BCUT2D eigenvalue weighted by atomic mass is 32.1. The summed E-state index contributed by atoms with van der Waals surface area (Å²) in [4.78, 5) is 10.9. The molecule has 6 heteroatoms. The van der Waals surface area contributed by atoms with Gasteiger partial charge in [-0.05, 0) is 37.5 Å². The molecule has 0 aliphatic carbocycles. The zero-order chi connectivity index (χ0) is 18.1. The fourth-order valence-electron chi connectivity index (χ4n) is 2.51. The Balaban J connectivity index is 1.63. The summed E-state index contributed by atoms with van der Waals surface area (Å²) in [6.07, 6.45) is 3.06. The van der Waals surface area contributed by atoms with Gasteiger partial charge in [0.15, 0.2) is 5.96 Å². The van der Waals surface area contributed by atoms with Crippen LogP contribution < -0.4 is 15.5 Å². The molecule has 0 aliphatic heterocycles. The first kappa shape index (κ1) is 19.2. The highest BCUT2D eigenvalue weighted by Crippen LogP contribution is 2.13. The van der Waals surface area contributed by atoms with Crippen molar-refractivity contribution in [2.45, 2.75) is 26.2 Å². The van der Waals surface area contributed by atoms with Gasteiger partial charge in [0.1, 0.15) is 0 Å². The number of hydrogen-bond acceptors (Lipinski definition) is 4. The smallest absolute Gasteiger partial charge is 0.190 e. The number of benzene rings is 1. The van der Waals surface area contributed by atoms with E-state index in [9.17, 15) is 0 Å². The molecule has 2 aromatic rings. The molecule has 2 N–H and O–H groups in total. The van der Waals surface area contributed by atoms with Crippen molar-refractivity contribution in [3.8, 4) is 0 Å². The third-order valence-electron chi connectivity index (χ3n) is 3.95. The number of thiazole rings is 1. The predicted molar refractivity (Wildman–Crippen MR) is 109 cm³/mol. The predicted octanol–water partition coefficient (Wildman–Crippen LogP) is 2.86. The highest BCUT2D eigenvalue weighted by Gasteiger charge is 2.01. The van der Waals surface area contributed by atoms with Gasteiger partial charge in [0, 0.05) is 51.7 Å². The normalized spacial score (nSPS) is 11.4. The molecule has 0 amide bonds. The third kappa shape index (κ3) is 6.74. The van der Waals surface area contributed by atoms with Gasteiger partial charge in [0.2, 0.25) is 0 Å². The van der Waals surface area contributed by atoms with E-state index in [1.165, 1.54) is 11.3 Å². The number of guanidine groups is 1. The molecule has 0 spiro atoms. The zero-order valence-corrected chi connectivity index (χ0v) is 16.5. The summed E-state index contributed by atoms with van der Waals surface area (Å²) in [5.74, 6) is 0.856. The molecule has 1 heterocycles. The SMILES string of the molecule is CN=C(NCCCc1ccc(N(C)C)cc1)NCCc1csc(C)n1. The van der Waals surface area contributed by atoms with E-state index in [1.54, 1.807) is 11.3 Å². The first-order valence-corrected chi connectivity index (χ1v) is 9.58. The highest BCUT2D eigenvalue weighted by molar-refractivity contribution is 7.09. The minimum absolute atomic E-state index is 0.842. The van der Waals surface area contributed by atoms with Crippen LogP contribution in [0.5, 0.6) is 0 Å². The lowest BCUT2D eigenvalue weighted by atomic mass is 10.1. The van der Waals surface area contributed by atoms with E-state index in [2.05, 4.69) is 69.3 Å². The second-order valence-electron chi connectivity index (χ2n) is 6.20. The Hall–Kier alpha value is -2.08. The Labute approximate surface area is 155 Å². The van der Waals surface area contributed by atoms with Crippen molar-refractivity contribution in [1.29, 1.82) is 0 Å². The minimum atomic E-state index is 0.842. The van der Waals surface area contributed by atoms with Gasteiger partial charge in [0.25, 0.3) is 0 Å². The molecule has 1 aromatic heterocycles. The van der Waals surface area contributed by atoms with E-state index < -0.39 is 0 Å². The molecule has 2 rings (SSSR count). The number of hydrogen-bond donors (Lipinski definition) is 2. The van der Waals surface area contributed by atoms with Crippen molar-refractivity contribution < 1.29 is 0 Å². The van der Waals surface area contributed by atoms with Crippen molar-refractivity contribution in [3.63, 3.8) is 0 Å². The van der Waals surface area contributed by atoms with Gasteiger partial charge >= 0.3 is 0 Å². The Morgan fingerprint density at radius 3 is 2.44 bits per heavy atom. The van der Waals surface area contributed by atoms with E-state index in [1.807, 2.05) is 14.0 Å². The van der Waals surface area contributed by atoms with Crippen LogP contribution in [-0.4, -0.2) is 45.2 Å². The first-order valence-electron chi connectivity index (χ1n) is 8.70. The molecule has 0 saturated heterocycles. The van der Waals surface area contributed by atoms with E-state index in [0.717, 1.165) is 49.0 Å². The number of aliphatic imine (C=N–C) groups is 1. The molecule has 0 unspecified atom stereocenters. The van der Waals surface area contributed by atoms with E-state index in [-0.39, 0.29) is 0 Å². The van der Waals surface area contributed by atoms with Crippen molar-refractivity contribution in [2.24, 2.45) is 4.99 Å². The molecule has 136 valence electrons. The lowest BCUT2D eigenvalue weighted by molar-refractivity contribution is 0.736. The topological polar surface area (TPSA) is 52.6 Å². The Morgan fingerprint density at radius 1 is 1.12 bits per heavy atom. The average molecular weight is 360 g/mol. The van der Waals surface area contributed by atoms with Crippen LogP contribution in [0.3, 0.4) is 0 Å². The van der Waals surface area contributed by atoms with Gasteiger partial charge < -0.3 is 15.5 Å². The second kappa shape index (κ2) is 10.0. The van der Waals surface area contributed by atoms with Crippen LogP contribution >= 0.6 is 11.3 Å². The van der Waals surface area contributed by atoms with Gasteiger partial charge in [-0.25, -0.2) is 4.98 Å². The molecule has 25 heavy (non-hydrogen) atoms. The number of aromatic nitrogens is 1. The summed E-state index contributed by atoms with van der Waals surface area (Å²) in [5.41, 5.74) is 3.75. The molecule has 0 radical (unpaired) electrons. The van der Waals surface area contributed by atoms with Crippen LogP contribution in [0.1, 0.15) is 22.7 Å². The van der Waals surface area contributed by atoms with Crippen LogP contribution in [0.2, 0.25) is 0 Å². The van der Waals surface area contributed by atoms with Crippen LogP contribution in [0.25, 0.3) is 0 Å². The third-order valence-corrected chi connectivity index (χ3v) is 4.77. The summed E-state index contributed by atoms with van der Waals surface area (Å²) < 4.78 is 0. The summed E-state index contributed by atoms with van der Waals surface area (Å²) in [7, 11) is 5.93. The zero-order valence-electron chi connectivity index (χ0n) is 15.7. The van der Waals surface area contributed by atoms with Crippen molar-refractivity contribution in [1.82, 2.24) is 15.6 Å². The number of anilines is 1. The van der Waals surface area contributed by atoms with E-state index >= 15 is 0 Å². The van der Waals surface area contributed by atoms with Crippen LogP contribution in [-0.2, 0) is 12.8 Å². The number of nitrogens with zero attached hydrogens (tertiary/aromatic N) is 3. The molecular weight excluding hydrogens is 330 g/mol. The molecule has 0 saturated carbocycles. The van der Waals surface area contributed by atoms with Crippen LogP contribution in [0, 0.1) is 6.92 Å². The molecule has 0 fully saturated rings. The van der Waals surface area contributed by atoms with Gasteiger partial charge in [-0.3, -0.25) is 4.99 Å². The van der Waals surface area contributed by atoms with Crippen LogP contribution in [0.4, 0.5) is 5.69 Å².